The number of nitrogens with zero attached hydrogens (tertiary/aromatic N) is 2. The maximum absolute atomic E-state index is 13.2. The number of nitrogens with one attached hydrogen (secondary N) is 1. The maximum atomic E-state index is 13.2. The molecule has 3 rings (SSSR count). The number of amides is 2. The zero-order chi connectivity index (χ0) is 20.1. The van der Waals surface area contributed by atoms with Gasteiger partial charge in [0.1, 0.15) is 5.75 Å². The van der Waals surface area contributed by atoms with Crippen molar-refractivity contribution in [3.8, 4) is 5.75 Å². The van der Waals surface area contributed by atoms with Crippen LogP contribution in [0.3, 0.4) is 0 Å². The number of unbranched alkanes of at least 4 members (excludes halogenated alkanes) is 1. The van der Waals surface area contributed by atoms with Gasteiger partial charge in [-0.05, 0) is 25.8 Å². The highest BCUT2D eigenvalue weighted by molar-refractivity contribution is 7.13. The van der Waals surface area contributed by atoms with Gasteiger partial charge in [-0.1, -0.05) is 31.5 Å². The van der Waals surface area contributed by atoms with Crippen LogP contribution in [0.1, 0.15) is 49.9 Å². The highest BCUT2D eigenvalue weighted by Crippen LogP contribution is 2.41. The molecule has 0 aliphatic carbocycles. The molecule has 1 aromatic carbocycles. The lowest BCUT2D eigenvalue weighted by atomic mass is 9.83. The van der Waals surface area contributed by atoms with Crippen LogP contribution in [-0.4, -0.2) is 35.4 Å². The number of piperidine rings is 1. The summed E-state index contributed by atoms with van der Waals surface area (Å²) in [5.41, 5.74) is 1.76. The molecule has 0 spiro atoms. The molecule has 2 heterocycles. The molecule has 1 aliphatic rings. The Labute approximate surface area is 169 Å². The molecule has 0 bridgehead atoms. The average molecular weight is 402 g/mol. The summed E-state index contributed by atoms with van der Waals surface area (Å²) in [6.45, 7) is 4.63. The number of aryl methyl sites for hydroxylation is 1. The van der Waals surface area contributed by atoms with Crippen LogP contribution in [0.5, 0.6) is 5.75 Å². The number of likely N-dealkylation sites (tertiary alicyclic amines) is 1. The van der Waals surface area contributed by atoms with Crippen molar-refractivity contribution >= 4 is 28.3 Å². The minimum absolute atomic E-state index is 0.0958. The van der Waals surface area contributed by atoms with Gasteiger partial charge in [0.15, 0.2) is 5.13 Å². The molecule has 0 radical (unpaired) electrons. The Hall–Kier alpha value is -2.41. The lowest BCUT2D eigenvalue weighted by Crippen LogP contribution is -2.47. The number of carbonyl (C=O) groups excluding carboxylic acids is 2. The second kappa shape index (κ2) is 9.19. The smallest absolute Gasteiger partial charge is 0.231 e. The van der Waals surface area contributed by atoms with Gasteiger partial charge in [-0.25, -0.2) is 4.98 Å². The van der Waals surface area contributed by atoms with Gasteiger partial charge < -0.3 is 15.0 Å². The predicted molar refractivity (Wildman–Crippen MR) is 111 cm³/mol. The lowest BCUT2D eigenvalue weighted by Gasteiger charge is -2.41. The molecule has 2 aromatic rings. The maximum Gasteiger partial charge on any atom is 0.231 e. The van der Waals surface area contributed by atoms with Crippen LogP contribution >= 0.6 is 11.3 Å². The van der Waals surface area contributed by atoms with Gasteiger partial charge in [0, 0.05) is 23.9 Å². The monoisotopic (exact) mass is 401 g/mol. The normalized spacial score (nSPS) is 19.5. The Balaban J connectivity index is 1.95. The van der Waals surface area contributed by atoms with Gasteiger partial charge in [0.05, 0.1) is 24.8 Å². The summed E-state index contributed by atoms with van der Waals surface area (Å²) in [5, 5.41) is 5.45. The molecule has 1 saturated heterocycles. The number of rotatable bonds is 7. The summed E-state index contributed by atoms with van der Waals surface area (Å²) in [6, 6.07) is 7.32. The van der Waals surface area contributed by atoms with Crippen molar-refractivity contribution < 1.29 is 14.3 Å². The first-order valence-electron chi connectivity index (χ1n) is 9.70. The number of hydrogen-bond acceptors (Lipinski definition) is 5. The van der Waals surface area contributed by atoms with Gasteiger partial charge >= 0.3 is 0 Å². The second-order valence-electron chi connectivity index (χ2n) is 7.06. The van der Waals surface area contributed by atoms with Crippen LogP contribution < -0.4 is 10.1 Å². The van der Waals surface area contributed by atoms with Crippen LogP contribution in [0.25, 0.3) is 0 Å². The molecule has 1 fully saturated rings. The van der Waals surface area contributed by atoms with Gasteiger partial charge in [-0.3, -0.25) is 9.59 Å². The summed E-state index contributed by atoms with van der Waals surface area (Å²) in [4.78, 5) is 32.1. The van der Waals surface area contributed by atoms with Crippen LogP contribution in [0, 0.1) is 12.8 Å². The highest BCUT2D eigenvalue weighted by Gasteiger charge is 2.41. The number of carbonyl (C=O) groups is 2. The molecule has 28 heavy (non-hydrogen) atoms. The van der Waals surface area contributed by atoms with E-state index in [1.165, 1.54) is 11.3 Å². The van der Waals surface area contributed by atoms with Gasteiger partial charge in [-0.15, -0.1) is 11.3 Å². The number of benzene rings is 1. The van der Waals surface area contributed by atoms with Crippen molar-refractivity contribution in [3.05, 3.63) is 40.9 Å². The SMILES string of the molecule is CCCCN1C(=O)CCC(C(=O)Nc2nc(C)cs2)C1c1ccccc1OC. The lowest BCUT2D eigenvalue weighted by molar-refractivity contribution is -0.142. The topological polar surface area (TPSA) is 71.5 Å². The Bertz CT molecular complexity index is 836. The first-order valence-corrected chi connectivity index (χ1v) is 10.6. The van der Waals surface area contributed by atoms with E-state index < -0.39 is 0 Å². The first kappa shape index (κ1) is 20.3. The van der Waals surface area contributed by atoms with Gasteiger partial charge in [0.2, 0.25) is 11.8 Å². The minimum Gasteiger partial charge on any atom is -0.496 e. The molecule has 7 heteroatoms. The molecule has 2 amide bonds. The van der Waals surface area contributed by atoms with Crippen molar-refractivity contribution in [3.63, 3.8) is 0 Å². The fourth-order valence-corrected chi connectivity index (χ4v) is 4.42. The van der Waals surface area contributed by atoms with Crippen molar-refractivity contribution in [2.24, 2.45) is 5.92 Å². The number of anilines is 1. The van der Waals surface area contributed by atoms with Crippen molar-refractivity contribution in [1.82, 2.24) is 9.88 Å². The fraction of sp³-hybridized carbons (Fsp3) is 0.476. The molecule has 150 valence electrons. The predicted octanol–water partition coefficient (Wildman–Crippen LogP) is 4.18. The average Bonchev–Trinajstić information content (AvgIpc) is 3.11. The van der Waals surface area contributed by atoms with Crippen molar-refractivity contribution in [1.29, 1.82) is 0 Å². The highest BCUT2D eigenvalue weighted by atomic mass is 32.1. The third-order valence-corrected chi connectivity index (χ3v) is 5.98. The van der Waals surface area contributed by atoms with Crippen LogP contribution in [0.4, 0.5) is 5.13 Å². The molecule has 1 aromatic heterocycles. The van der Waals surface area contributed by atoms with E-state index in [-0.39, 0.29) is 23.8 Å². The summed E-state index contributed by atoms with van der Waals surface area (Å²) >= 11 is 1.41. The third kappa shape index (κ3) is 4.35. The third-order valence-electron chi connectivity index (χ3n) is 5.10. The quantitative estimate of drug-likeness (QED) is 0.755. The molecular weight excluding hydrogens is 374 g/mol. The minimum atomic E-state index is -0.352. The summed E-state index contributed by atoms with van der Waals surface area (Å²) in [5.74, 6) is 0.347. The standard InChI is InChI=1S/C21H27N3O3S/c1-4-5-12-24-18(25)11-10-16(20(26)23-21-22-14(2)13-28-21)19(24)15-8-6-7-9-17(15)27-3/h6-9,13,16,19H,4-5,10-12H2,1-3H3,(H,22,23,26). The van der Waals surface area contributed by atoms with Gasteiger partial charge in [-0.2, -0.15) is 0 Å². The van der Waals surface area contributed by atoms with E-state index in [2.05, 4.69) is 17.2 Å². The second-order valence-corrected chi connectivity index (χ2v) is 7.91. The molecular formula is C21H27N3O3S. The molecule has 6 nitrogen and oxygen atoms in total. The molecule has 1 aliphatic heterocycles. The van der Waals surface area contributed by atoms with E-state index in [4.69, 9.17) is 4.74 Å². The van der Waals surface area contributed by atoms with E-state index in [0.717, 1.165) is 24.1 Å². The number of methoxy groups -OCH3 is 1. The summed E-state index contributed by atoms with van der Waals surface area (Å²) < 4.78 is 5.56. The molecule has 2 unspecified atom stereocenters. The van der Waals surface area contributed by atoms with E-state index in [1.54, 1.807) is 7.11 Å². The van der Waals surface area contributed by atoms with E-state index in [0.29, 0.717) is 30.3 Å². The number of aromatic nitrogens is 1. The molecule has 2 atom stereocenters. The zero-order valence-corrected chi connectivity index (χ0v) is 17.4. The van der Waals surface area contributed by atoms with Crippen molar-refractivity contribution in [2.75, 3.05) is 19.0 Å². The van der Waals surface area contributed by atoms with E-state index in [9.17, 15) is 9.59 Å². The number of ether oxygens (including phenoxy) is 1. The number of para-hydroxylation sites is 1. The Morgan fingerprint density at radius 1 is 1.39 bits per heavy atom. The van der Waals surface area contributed by atoms with Crippen molar-refractivity contribution in [2.45, 2.75) is 45.6 Å². The largest absolute Gasteiger partial charge is 0.496 e. The summed E-state index contributed by atoms with van der Waals surface area (Å²) in [7, 11) is 1.62. The van der Waals surface area contributed by atoms with E-state index >= 15 is 0 Å². The Morgan fingerprint density at radius 2 is 2.18 bits per heavy atom. The summed E-state index contributed by atoms with van der Waals surface area (Å²) in [6.07, 6.45) is 2.78. The van der Waals surface area contributed by atoms with Crippen LogP contribution in [-0.2, 0) is 9.59 Å². The Morgan fingerprint density at radius 3 is 2.86 bits per heavy atom. The zero-order valence-electron chi connectivity index (χ0n) is 16.6. The van der Waals surface area contributed by atoms with Crippen LogP contribution in [0.2, 0.25) is 0 Å². The number of thiazole rings is 1. The van der Waals surface area contributed by atoms with E-state index in [1.807, 2.05) is 41.5 Å². The number of hydrogen-bond donors (Lipinski definition) is 1. The molecule has 1 N–H and O–H groups in total. The Kier molecular flexibility index (Phi) is 6.67. The van der Waals surface area contributed by atoms with Gasteiger partial charge in [0.25, 0.3) is 0 Å². The first-order chi connectivity index (χ1) is 13.5. The van der Waals surface area contributed by atoms with Crippen LogP contribution in [0.15, 0.2) is 29.6 Å². The molecule has 0 saturated carbocycles. The fourth-order valence-electron chi connectivity index (χ4n) is 3.72.